The minimum absolute atomic E-state index is 0.741. The lowest BCUT2D eigenvalue weighted by Gasteiger charge is -2.28. The number of nitrogens with zero attached hydrogens (tertiary/aromatic N) is 11. The number of ether oxygens (including phenoxy) is 2. The summed E-state index contributed by atoms with van der Waals surface area (Å²) in [5.41, 5.74) is 8.55. The van der Waals surface area contributed by atoms with Crippen LogP contribution in [0, 0.1) is 0 Å². The average Bonchev–Trinajstić information content (AvgIpc) is 4.12. The van der Waals surface area contributed by atoms with Gasteiger partial charge < -0.3 is 19.3 Å². The van der Waals surface area contributed by atoms with Crippen LogP contribution in [0.25, 0.3) is 55.4 Å². The molecule has 8 heterocycles. The summed E-state index contributed by atoms with van der Waals surface area (Å²) in [6.45, 7) is 11.5. The maximum absolute atomic E-state index is 5.45. The number of nitrogens with one attached hydrogen (secondary N) is 1. The molecule has 0 radical (unpaired) electrons. The van der Waals surface area contributed by atoms with E-state index in [-0.39, 0.29) is 0 Å². The van der Waals surface area contributed by atoms with Gasteiger partial charge in [-0.1, -0.05) is 53.8 Å². The SMILES string of the molecule is CCI.CCn1cc(-c2ccc3cnn(-c4ccnc(N5CCOCC5)c4)c3c2)cn1.c1cc(-n2ncc3ccc(-c4cn[nH]c4)cc32)cc(N2CCOCC2)n1. The number of anilines is 2. The first-order chi connectivity index (χ1) is 28.1. The molecule has 0 amide bonds. The molecule has 0 atom stereocenters. The quantitative estimate of drug-likeness (QED) is 0.129. The van der Waals surface area contributed by atoms with E-state index in [9.17, 15) is 0 Å². The van der Waals surface area contributed by atoms with Gasteiger partial charge in [-0.05, 0) is 46.7 Å². The zero-order chi connectivity index (χ0) is 39.0. The van der Waals surface area contributed by atoms with E-state index in [1.165, 1.54) is 4.43 Å². The topological polar surface area (TPSA) is 133 Å². The van der Waals surface area contributed by atoms with Crippen LogP contribution in [-0.4, -0.2) is 107 Å². The molecule has 0 spiro atoms. The molecule has 0 saturated carbocycles. The van der Waals surface area contributed by atoms with Gasteiger partial charge in [0, 0.05) is 91.5 Å². The molecular weight excluding hydrogens is 831 g/mol. The molecule has 0 bridgehead atoms. The number of morpholine rings is 2. The largest absolute Gasteiger partial charge is 0.378 e. The monoisotopic (exact) mass is 876 g/mol. The fourth-order valence-corrected chi connectivity index (χ4v) is 6.91. The summed E-state index contributed by atoms with van der Waals surface area (Å²) in [5.74, 6) is 1.92. The highest BCUT2D eigenvalue weighted by Gasteiger charge is 2.16. The molecule has 1 N–H and O–H groups in total. The van der Waals surface area contributed by atoms with Crippen molar-refractivity contribution in [3.63, 3.8) is 0 Å². The molecule has 292 valence electrons. The number of aromatic amines is 1. The Labute approximate surface area is 344 Å². The number of hydrogen-bond acceptors (Lipinski definition) is 10. The minimum atomic E-state index is 0.741. The number of pyridine rings is 2. The van der Waals surface area contributed by atoms with E-state index in [1.807, 2.05) is 69.6 Å². The number of rotatable bonds is 7. The number of H-pyrrole nitrogens is 1. The van der Waals surface area contributed by atoms with E-state index in [4.69, 9.17) is 9.47 Å². The fourth-order valence-electron chi connectivity index (χ4n) is 6.91. The van der Waals surface area contributed by atoms with Crippen molar-refractivity contribution in [1.29, 1.82) is 0 Å². The molecular formula is C42H45IN12O2. The average molecular weight is 877 g/mol. The van der Waals surface area contributed by atoms with Gasteiger partial charge in [-0.15, -0.1) is 0 Å². The number of alkyl halides is 1. The summed E-state index contributed by atoms with van der Waals surface area (Å²) in [5, 5.41) is 22.7. The number of fused-ring (bicyclic) bond motifs is 2. The molecule has 6 aromatic heterocycles. The van der Waals surface area contributed by atoms with E-state index < -0.39 is 0 Å². The number of benzene rings is 2. The highest BCUT2D eigenvalue weighted by molar-refractivity contribution is 14.1. The van der Waals surface area contributed by atoms with E-state index in [2.05, 4.69) is 136 Å². The Bertz CT molecular complexity index is 2520. The number of hydrogen-bond donors (Lipinski definition) is 1. The van der Waals surface area contributed by atoms with Gasteiger partial charge in [0.15, 0.2) is 0 Å². The summed E-state index contributed by atoms with van der Waals surface area (Å²) in [4.78, 5) is 13.6. The summed E-state index contributed by atoms with van der Waals surface area (Å²) in [7, 11) is 0. The molecule has 0 aliphatic carbocycles. The van der Waals surface area contributed by atoms with Gasteiger partial charge in [-0.25, -0.2) is 19.3 Å². The van der Waals surface area contributed by atoms with Crippen LogP contribution < -0.4 is 9.80 Å². The lowest BCUT2D eigenvalue weighted by molar-refractivity contribution is 0.122. The molecule has 10 rings (SSSR count). The van der Waals surface area contributed by atoms with Gasteiger partial charge in [-0.2, -0.15) is 20.4 Å². The van der Waals surface area contributed by atoms with E-state index >= 15 is 0 Å². The van der Waals surface area contributed by atoms with Gasteiger partial charge in [-0.3, -0.25) is 9.78 Å². The van der Waals surface area contributed by atoms with Crippen molar-refractivity contribution in [3.8, 4) is 33.6 Å². The van der Waals surface area contributed by atoms with Gasteiger partial charge in [0.2, 0.25) is 0 Å². The molecule has 8 aromatic rings. The van der Waals surface area contributed by atoms with Gasteiger partial charge in [0.25, 0.3) is 0 Å². The van der Waals surface area contributed by atoms with Crippen LogP contribution in [0.5, 0.6) is 0 Å². The molecule has 2 aromatic carbocycles. The third-order valence-corrected chi connectivity index (χ3v) is 9.88. The van der Waals surface area contributed by atoms with Crippen molar-refractivity contribution in [1.82, 2.24) is 49.5 Å². The lowest BCUT2D eigenvalue weighted by atomic mass is 10.1. The third-order valence-electron chi connectivity index (χ3n) is 9.88. The first kappa shape index (κ1) is 38.2. The van der Waals surface area contributed by atoms with E-state index in [0.29, 0.717) is 0 Å². The first-order valence-electron chi connectivity index (χ1n) is 19.2. The van der Waals surface area contributed by atoms with Crippen molar-refractivity contribution < 1.29 is 9.47 Å². The van der Waals surface area contributed by atoms with E-state index in [1.54, 1.807) is 0 Å². The van der Waals surface area contributed by atoms with Crippen molar-refractivity contribution in [3.05, 3.63) is 110 Å². The number of aromatic nitrogens is 10. The number of aryl methyl sites for hydroxylation is 1. The van der Waals surface area contributed by atoms with Gasteiger partial charge in [0.1, 0.15) is 11.6 Å². The Morgan fingerprint density at radius 2 is 1.14 bits per heavy atom. The first-order valence-corrected chi connectivity index (χ1v) is 20.8. The van der Waals surface area contributed by atoms with Crippen LogP contribution in [0.15, 0.2) is 110 Å². The fraction of sp³-hybridized carbons (Fsp3) is 0.286. The Balaban J connectivity index is 0.000000150. The minimum Gasteiger partial charge on any atom is -0.378 e. The van der Waals surface area contributed by atoms with Crippen LogP contribution in [0.2, 0.25) is 0 Å². The predicted octanol–water partition coefficient (Wildman–Crippen LogP) is 7.23. The van der Waals surface area contributed by atoms with Crippen molar-refractivity contribution in [2.24, 2.45) is 0 Å². The second-order valence-corrected chi connectivity index (χ2v) is 15.0. The summed E-state index contributed by atoms with van der Waals surface area (Å²) in [6.07, 6.45) is 15.2. The van der Waals surface area contributed by atoms with Crippen molar-refractivity contribution in [2.75, 3.05) is 66.8 Å². The Morgan fingerprint density at radius 3 is 1.61 bits per heavy atom. The summed E-state index contributed by atoms with van der Waals surface area (Å²) < 4.78 is 18.0. The van der Waals surface area contributed by atoms with Gasteiger partial charge in [0.05, 0.1) is 73.6 Å². The molecule has 15 heteroatoms. The van der Waals surface area contributed by atoms with Gasteiger partial charge >= 0.3 is 0 Å². The smallest absolute Gasteiger partial charge is 0.130 e. The predicted molar refractivity (Wildman–Crippen MR) is 233 cm³/mol. The van der Waals surface area contributed by atoms with Crippen LogP contribution in [0.4, 0.5) is 11.6 Å². The van der Waals surface area contributed by atoms with Crippen molar-refractivity contribution in [2.45, 2.75) is 20.4 Å². The molecule has 2 aliphatic rings. The maximum Gasteiger partial charge on any atom is 0.130 e. The third kappa shape index (κ3) is 8.69. The standard InChI is InChI=1S/C21H22N6O.C19H18N6O.C2H5I/c1-2-26-15-18(14-23-26)16-3-4-17-13-24-27(20(17)11-16)19-5-6-22-21(12-19)25-7-9-28-10-8-25;1-2-15-13-23-25(18(15)9-14(1)16-11-21-22-12-16)17-3-4-20-19(10-17)24-5-7-26-8-6-24;1-2-3/h3-6,11-15H,2,7-10H2,1H3;1-4,9-13H,5-8H2,(H,21,22);2H2,1H3. The molecule has 14 nitrogen and oxygen atoms in total. The molecule has 2 fully saturated rings. The normalized spacial score (nSPS) is 14.3. The Morgan fingerprint density at radius 1 is 0.614 bits per heavy atom. The number of halogens is 1. The second kappa shape index (κ2) is 18.1. The second-order valence-electron chi connectivity index (χ2n) is 13.4. The molecule has 2 saturated heterocycles. The van der Waals surface area contributed by atoms with Crippen LogP contribution in [0.1, 0.15) is 13.8 Å². The Hall–Kier alpha value is -5.65. The summed E-state index contributed by atoms with van der Waals surface area (Å²) >= 11 is 2.29. The summed E-state index contributed by atoms with van der Waals surface area (Å²) in [6, 6.07) is 20.9. The highest BCUT2D eigenvalue weighted by atomic mass is 127. The molecule has 2 aliphatic heterocycles. The zero-order valence-corrected chi connectivity index (χ0v) is 34.2. The lowest BCUT2D eigenvalue weighted by Crippen LogP contribution is -2.36. The molecule has 0 unspecified atom stereocenters. The van der Waals surface area contributed by atoms with E-state index in [0.717, 1.165) is 126 Å². The Kier molecular flexibility index (Phi) is 12.1. The molecule has 57 heavy (non-hydrogen) atoms. The zero-order valence-electron chi connectivity index (χ0n) is 32.1. The van der Waals surface area contributed by atoms with Crippen LogP contribution >= 0.6 is 22.6 Å². The maximum atomic E-state index is 5.45. The van der Waals surface area contributed by atoms with Crippen molar-refractivity contribution >= 4 is 56.0 Å². The van der Waals surface area contributed by atoms with Crippen LogP contribution in [-0.2, 0) is 16.0 Å². The van der Waals surface area contributed by atoms with Crippen LogP contribution in [0.3, 0.4) is 0 Å². The highest BCUT2D eigenvalue weighted by Crippen LogP contribution is 2.28.